The number of hydrogen-bond donors (Lipinski definition) is 3. The van der Waals surface area contributed by atoms with E-state index in [-0.39, 0.29) is 30.8 Å². The Balaban J connectivity index is 1.69. The number of benzene rings is 1. The van der Waals surface area contributed by atoms with Crippen LogP contribution >= 0.6 is 0 Å². The van der Waals surface area contributed by atoms with Gasteiger partial charge < -0.3 is 16.0 Å². The van der Waals surface area contributed by atoms with Crippen molar-refractivity contribution < 1.29 is 14.4 Å². The van der Waals surface area contributed by atoms with Gasteiger partial charge in [-0.2, -0.15) is 0 Å². The Bertz CT molecular complexity index is 869. The molecule has 8 heteroatoms. The molecule has 1 aromatic carbocycles. The van der Waals surface area contributed by atoms with E-state index in [0.29, 0.717) is 11.4 Å². The van der Waals surface area contributed by atoms with Gasteiger partial charge in [-0.3, -0.25) is 19.5 Å². The Morgan fingerprint density at radius 2 is 1.93 bits per heavy atom. The topological polar surface area (TPSA) is 103 Å². The van der Waals surface area contributed by atoms with Crippen molar-refractivity contribution in [2.75, 3.05) is 16.8 Å². The predicted octanol–water partition coefficient (Wildman–Crippen LogP) is 1.89. The van der Waals surface area contributed by atoms with Crippen LogP contribution in [0.3, 0.4) is 0 Å². The van der Waals surface area contributed by atoms with Gasteiger partial charge in [0.15, 0.2) is 0 Å². The Morgan fingerprint density at radius 3 is 2.64 bits per heavy atom. The van der Waals surface area contributed by atoms with E-state index in [9.17, 15) is 14.4 Å². The lowest BCUT2D eigenvalue weighted by atomic mass is 10.0. The van der Waals surface area contributed by atoms with Crippen LogP contribution in [0.5, 0.6) is 0 Å². The van der Waals surface area contributed by atoms with Crippen molar-refractivity contribution in [2.24, 2.45) is 5.92 Å². The molecule has 3 N–H and O–H groups in total. The number of urea groups is 1. The normalized spacial score (nSPS) is 14.1. The van der Waals surface area contributed by atoms with Gasteiger partial charge in [0.25, 0.3) is 0 Å². The third-order valence-electron chi connectivity index (χ3n) is 4.41. The number of anilines is 2. The number of hydrogen-bond acceptors (Lipinski definition) is 4. The average Bonchev–Trinajstić information content (AvgIpc) is 2.69. The molecule has 8 nitrogen and oxygen atoms in total. The number of nitrogens with zero attached hydrogens (tertiary/aromatic N) is 2. The number of pyridine rings is 1. The maximum absolute atomic E-state index is 12.8. The summed E-state index contributed by atoms with van der Waals surface area (Å²) < 4.78 is 0. The molecule has 1 aromatic heterocycles. The number of aromatic nitrogens is 1. The summed E-state index contributed by atoms with van der Waals surface area (Å²) in [5, 5.41) is 8.30. The average molecular weight is 381 g/mol. The molecule has 0 unspecified atom stereocenters. The van der Waals surface area contributed by atoms with Crippen molar-refractivity contribution in [3.05, 3.63) is 54.4 Å². The SMILES string of the molecule is CC(C)[C@@H](NC(=O)N1CC(=O)Nc2ccccc21)C(=O)NCc1ccccn1. The summed E-state index contributed by atoms with van der Waals surface area (Å²) >= 11 is 0. The number of nitrogens with one attached hydrogen (secondary N) is 3. The number of carbonyl (C=O) groups excluding carboxylic acids is 3. The van der Waals surface area contributed by atoms with Crippen LogP contribution in [0, 0.1) is 5.92 Å². The fraction of sp³-hybridized carbons (Fsp3) is 0.300. The monoisotopic (exact) mass is 381 g/mol. The predicted molar refractivity (Wildman–Crippen MR) is 106 cm³/mol. The van der Waals surface area contributed by atoms with Crippen LogP contribution in [-0.4, -0.2) is 35.4 Å². The standard InChI is InChI=1S/C20H23N5O3/c1-13(2)18(19(27)22-11-14-7-5-6-10-21-14)24-20(28)25-12-17(26)23-15-8-3-4-9-16(15)25/h3-10,13,18H,11-12H2,1-2H3,(H,22,27)(H,23,26)(H,24,28)/t18-/m1/s1. The van der Waals surface area contributed by atoms with Crippen molar-refractivity contribution in [1.82, 2.24) is 15.6 Å². The first-order valence-corrected chi connectivity index (χ1v) is 9.10. The molecule has 0 bridgehead atoms. The molecule has 3 rings (SSSR count). The molecule has 0 aliphatic carbocycles. The highest BCUT2D eigenvalue weighted by atomic mass is 16.2. The van der Waals surface area contributed by atoms with E-state index in [1.54, 1.807) is 36.5 Å². The lowest BCUT2D eigenvalue weighted by Gasteiger charge is -2.31. The number of rotatable bonds is 5. The highest BCUT2D eigenvalue weighted by Gasteiger charge is 2.31. The Kier molecular flexibility index (Phi) is 5.88. The summed E-state index contributed by atoms with van der Waals surface area (Å²) in [6.07, 6.45) is 1.65. The van der Waals surface area contributed by atoms with E-state index in [2.05, 4.69) is 20.9 Å². The minimum absolute atomic E-state index is 0.108. The first-order chi connectivity index (χ1) is 13.5. The molecule has 2 heterocycles. The zero-order chi connectivity index (χ0) is 20.1. The lowest BCUT2D eigenvalue weighted by Crippen LogP contribution is -2.55. The quantitative estimate of drug-likeness (QED) is 0.736. The molecule has 0 fully saturated rings. The van der Waals surface area contributed by atoms with Crippen molar-refractivity contribution in [2.45, 2.75) is 26.4 Å². The number of fused-ring (bicyclic) bond motifs is 1. The van der Waals surface area contributed by atoms with Crippen LogP contribution < -0.4 is 20.9 Å². The maximum Gasteiger partial charge on any atom is 0.323 e. The van der Waals surface area contributed by atoms with Gasteiger partial charge in [0, 0.05) is 6.20 Å². The third kappa shape index (κ3) is 4.46. The van der Waals surface area contributed by atoms with Crippen LogP contribution in [0.4, 0.5) is 16.2 Å². The van der Waals surface area contributed by atoms with Gasteiger partial charge >= 0.3 is 6.03 Å². The molecule has 0 saturated carbocycles. The third-order valence-corrected chi connectivity index (χ3v) is 4.41. The van der Waals surface area contributed by atoms with Crippen molar-refractivity contribution in [3.8, 4) is 0 Å². The summed E-state index contributed by atoms with van der Waals surface area (Å²) in [5.74, 6) is -0.722. The van der Waals surface area contributed by atoms with E-state index in [0.717, 1.165) is 5.69 Å². The summed E-state index contributed by atoms with van der Waals surface area (Å²) in [6.45, 7) is 3.86. The van der Waals surface area contributed by atoms with E-state index < -0.39 is 12.1 Å². The fourth-order valence-electron chi connectivity index (χ4n) is 2.95. The van der Waals surface area contributed by atoms with E-state index in [4.69, 9.17) is 0 Å². The lowest BCUT2D eigenvalue weighted by molar-refractivity contribution is -0.124. The number of carbonyl (C=O) groups is 3. The second kappa shape index (κ2) is 8.51. The molecule has 1 aliphatic rings. The zero-order valence-corrected chi connectivity index (χ0v) is 15.8. The Hall–Kier alpha value is -3.42. The van der Waals surface area contributed by atoms with Crippen molar-refractivity contribution in [1.29, 1.82) is 0 Å². The van der Waals surface area contributed by atoms with Crippen molar-refractivity contribution in [3.63, 3.8) is 0 Å². The van der Waals surface area contributed by atoms with Crippen LogP contribution in [0.15, 0.2) is 48.7 Å². The molecule has 0 radical (unpaired) electrons. The van der Waals surface area contributed by atoms with Crippen LogP contribution in [0.1, 0.15) is 19.5 Å². The first kappa shape index (κ1) is 19.3. The highest BCUT2D eigenvalue weighted by Crippen LogP contribution is 2.28. The smallest absolute Gasteiger partial charge is 0.323 e. The summed E-state index contributed by atoms with van der Waals surface area (Å²) in [6, 6.07) is 11.3. The second-order valence-corrected chi connectivity index (χ2v) is 6.86. The zero-order valence-electron chi connectivity index (χ0n) is 15.8. The maximum atomic E-state index is 12.8. The molecule has 0 spiro atoms. The van der Waals surface area contributed by atoms with Gasteiger partial charge in [-0.15, -0.1) is 0 Å². The van der Waals surface area contributed by atoms with Crippen LogP contribution in [-0.2, 0) is 16.1 Å². The molecule has 146 valence electrons. The van der Waals surface area contributed by atoms with E-state index in [1.807, 2.05) is 26.0 Å². The molecule has 1 aliphatic heterocycles. The Labute approximate surface area is 163 Å². The van der Waals surface area contributed by atoms with Gasteiger partial charge in [0.1, 0.15) is 12.6 Å². The molecular weight excluding hydrogens is 358 g/mol. The summed E-state index contributed by atoms with van der Waals surface area (Å²) in [5.41, 5.74) is 1.89. The second-order valence-electron chi connectivity index (χ2n) is 6.86. The molecule has 2 aromatic rings. The Morgan fingerprint density at radius 1 is 1.18 bits per heavy atom. The van der Waals surface area contributed by atoms with Gasteiger partial charge in [-0.05, 0) is 30.2 Å². The number of para-hydroxylation sites is 2. The van der Waals surface area contributed by atoms with Gasteiger partial charge in [0.05, 0.1) is 23.6 Å². The van der Waals surface area contributed by atoms with E-state index in [1.165, 1.54) is 4.90 Å². The minimum atomic E-state index is -0.742. The van der Waals surface area contributed by atoms with Gasteiger partial charge in [0.2, 0.25) is 11.8 Å². The molecule has 4 amide bonds. The molecule has 1 atom stereocenters. The number of amides is 4. The molecular formula is C20H23N5O3. The van der Waals surface area contributed by atoms with Crippen LogP contribution in [0.25, 0.3) is 0 Å². The van der Waals surface area contributed by atoms with Crippen LogP contribution in [0.2, 0.25) is 0 Å². The first-order valence-electron chi connectivity index (χ1n) is 9.10. The largest absolute Gasteiger partial charge is 0.349 e. The fourth-order valence-corrected chi connectivity index (χ4v) is 2.95. The van der Waals surface area contributed by atoms with Gasteiger partial charge in [-0.1, -0.05) is 32.0 Å². The molecule has 0 saturated heterocycles. The highest BCUT2D eigenvalue weighted by molar-refractivity contribution is 6.10. The van der Waals surface area contributed by atoms with E-state index >= 15 is 0 Å². The molecule has 28 heavy (non-hydrogen) atoms. The van der Waals surface area contributed by atoms with Crippen molar-refractivity contribution >= 4 is 29.2 Å². The van der Waals surface area contributed by atoms with Gasteiger partial charge in [-0.25, -0.2) is 4.79 Å². The summed E-state index contributed by atoms with van der Waals surface area (Å²) in [4.78, 5) is 42.9. The minimum Gasteiger partial charge on any atom is -0.349 e. The summed E-state index contributed by atoms with van der Waals surface area (Å²) in [7, 11) is 0.